The summed E-state index contributed by atoms with van der Waals surface area (Å²) < 4.78 is 0. The van der Waals surface area contributed by atoms with Gasteiger partial charge in [0.15, 0.2) is 5.78 Å². The summed E-state index contributed by atoms with van der Waals surface area (Å²) in [4.78, 5) is 21.9. The first-order valence-electron chi connectivity index (χ1n) is 8.41. The number of carboxylic acid groups (broad SMARTS) is 1. The van der Waals surface area contributed by atoms with E-state index in [9.17, 15) is 19.8 Å². The van der Waals surface area contributed by atoms with Gasteiger partial charge in [-0.15, -0.1) is 0 Å². The van der Waals surface area contributed by atoms with Crippen LogP contribution in [0.2, 0.25) is 0 Å². The molecule has 0 saturated heterocycles. The SMILES string of the molecule is CC[C@H](O)/C=C/C=C\CC(=O)/C=C/C=C/C=C\[C@@H](O)CCCC(=O)O. The largest absolute Gasteiger partial charge is 0.481 e. The Morgan fingerprint density at radius 3 is 2.24 bits per heavy atom. The third kappa shape index (κ3) is 16.4. The highest BCUT2D eigenvalue weighted by Crippen LogP contribution is 2.02. The molecule has 0 saturated carbocycles. The van der Waals surface area contributed by atoms with Crippen LogP contribution >= 0.6 is 0 Å². The minimum Gasteiger partial charge on any atom is -0.481 e. The number of carboxylic acids is 1. The number of carbonyl (C=O) groups is 2. The Morgan fingerprint density at radius 2 is 1.56 bits per heavy atom. The van der Waals surface area contributed by atoms with Crippen molar-refractivity contribution in [2.75, 3.05) is 0 Å². The van der Waals surface area contributed by atoms with Gasteiger partial charge in [-0.05, 0) is 25.3 Å². The topological polar surface area (TPSA) is 94.8 Å². The molecule has 2 atom stereocenters. The molecule has 25 heavy (non-hydrogen) atoms. The van der Waals surface area contributed by atoms with Crippen LogP contribution in [0.5, 0.6) is 0 Å². The fourth-order valence-corrected chi connectivity index (χ4v) is 1.70. The Kier molecular flexibility index (Phi) is 13.9. The molecule has 0 spiro atoms. The molecule has 0 aliphatic carbocycles. The quantitative estimate of drug-likeness (QED) is 0.351. The van der Waals surface area contributed by atoms with E-state index in [1.165, 1.54) is 6.08 Å². The molecular formula is C20H28O5. The maximum atomic E-state index is 11.6. The van der Waals surface area contributed by atoms with E-state index >= 15 is 0 Å². The number of aliphatic hydroxyl groups excluding tert-OH is 2. The summed E-state index contributed by atoms with van der Waals surface area (Å²) in [5.74, 6) is -0.904. The van der Waals surface area contributed by atoms with Crippen molar-refractivity contribution in [3.8, 4) is 0 Å². The first-order valence-corrected chi connectivity index (χ1v) is 8.41. The van der Waals surface area contributed by atoms with Gasteiger partial charge in [-0.3, -0.25) is 9.59 Å². The van der Waals surface area contributed by atoms with E-state index < -0.39 is 18.2 Å². The molecule has 0 unspecified atom stereocenters. The molecule has 0 rings (SSSR count). The molecule has 0 aromatic heterocycles. The van der Waals surface area contributed by atoms with Crippen molar-refractivity contribution in [2.24, 2.45) is 0 Å². The second-order valence-electron chi connectivity index (χ2n) is 5.44. The second-order valence-corrected chi connectivity index (χ2v) is 5.44. The molecule has 5 nitrogen and oxygen atoms in total. The Hall–Kier alpha value is -2.24. The standard InChI is InChI=1S/C20H28O5/c1-2-17(21)11-8-5-9-14-18(22)12-6-3-4-7-13-19(23)15-10-16-20(24)25/h3-9,11-13,17,19,21,23H,2,10,14-16H2,1H3,(H,24,25)/b4-3+,9-5-,11-8+,12-6+,13-7-/t17-,19+/m0/s1. The zero-order valence-electron chi connectivity index (χ0n) is 14.6. The molecule has 0 aromatic carbocycles. The Bertz CT molecular complexity index is 526. The van der Waals surface area contributed by atoms with Crippen LogP contribution in [-0.2, 0) is 9.59 Å². The van der Waals surface area contributed by atoms with Crippen molar-refractivity contribution in [3.05, 3.63) is 60.8 Å². The fraction of sp³-hybridized carbons (Fsp3) is 0.400. The van der Waals surface area contributed by atoms with Gasteiger partial charge in [0.2, 0.25) is 0 Å². The highest BCUT2D eigenvalue weighted by Gasteiger charge is 2.01. The lowest BCUT2D eigenvalue weighted by Crippen LogP contribution is -2.03. The zero-order valence-corrected chi connectivity index (χ0v) is 14.6. The molecular weight excluding hydrogens is 320 g/mol. The van der Waals surface area contributed by atoms with Crippen molar-refractivity contribution in [1.82, 2.24) is 0 Å². The zero-order chi connectivity index (χ0) is 18.9. The monoisotopic (exact) mass is 348 g/mol. The molecule has 0 aromatic rings. The summed E-state index contributed by atoms with van der Waals surface area (Å²) in [6, 6.07) is 0. The first-order chi connectivity index (χ1) is 12.0. The number of aliphatic hydroxyl groups is 2. The number of allylic oxidation sites excluding steroid dienone is 8. The van der Waals surface area contributed by atoms with Gasteiger partial charge in [0.05, 0.1) is 12.2 Å². The summed E-state index contributed by atoms with van der Waals surface area (Å²) in [6.45, 7) is 1.88. The van der Waals surface area contributed by atoms with Crippen molar-refractivity contribution < 1.29 is 24.9 Å². The lowest BCUT2D eigenvalue weighted by atomic mass is 10.1. The molecule has 0 aliphatic rings. The van der Waals surface area contributed by atoms with Crippen LogP contribution in [-0.4, -0.2) is 39.3 Å². The van der Waals surface area contributed by atoms with Gasteiger partial charge >= 0.3 is 5.97 Å². The van der Waals surface area contributed by atoms with E-state index in [-0.39, 0.29) is 18.6 Å². The van der Waals surface area contributed by atoms with Crippen LogP contribution in [0.25, 0.3) is 0 Å². The van der Waals surface area contributed by atoms with Crippen molar-refractivity contribution in [1.29, 1.82) is 0 Å². The third-order valence-electron chi connectivity index (χ3n) is 3.16. The molecule has 5 heteroatoms. The minimum atomic E-state index is -0.865. The minimum absolute atomic E-state index is 0.0389. The normalized spacial score (nSPS) is 15.2. The number of hydrogen-bond donors (Lipinski definition) is 3. The summed E-state index contributed by atoms with van der Waals surface area (Å²) in [6.07, 6.45) is 17.2. The number of ketones is 1. The van der Waals surface area contributed by atoms with Crippen LogP contribution in [0.15, 0.2) is 60.8 Å². The Labute approximate surface area is 149 Å². The molecule has 3 N–H and O–H groups in total. The average Bonchev–Trinajstić information content (AvgIpc) is 2.57. The van der Waals surface area contributed by atoms with Gasteiger partial charge in [-0.2, -0.15) is 0 Å². The van der Waals surface area contributed by atoms with Crippen molar-refractivity contribution >= 4 is 11.8 Å². The van der Waals surface area contributed by atoms with E-state index in [2.05, 4.69) is 0 Å². The summed E-state index contributed by atoms with van der Waals surface area (Å²) in [5.41, 5.74) is 0. The van der Waals surface area contributed by atoms with Gasteiger partial charge in [0.25, 0.3) is 0 Å². The Morgan fingerprint density at radius 1 is 0.920 bits per heavy atom. The van der Waals surface area contributed by atoms with Crippen molar-refractivity contribution in [3.63, 3.8) is 0 Å². The highest BCUT2D eigenvalue weighted by molar-refractivity contribution is 5.90. The molecule has 0 amide bonds. The van der Waals surface area contributed by atoms with E-state index in [1.54, 1.807) is 54.7 Å². The van der Waals surface area contributed by atoms with Crippen LogP contribution in [0.4, 0.5) is 0 Å². The van der Waals surface area contributed by atoms with E-state index in [1.807, 2.05) is 6.92 Å². The number of rotatable bonds is 13. The third-order valence-corrected chi connectivity index (χ3v) is 3.16. The molecule has 0 fully saturated rings. The summed E-state index contributed by atoms with van der Waals surface area (Å²) in [5, 5.41) is 27.4. The van der Waals surface area contributed by atoms with Gasteiger partial charge in [-0.1, -0.05) is 61.6 Å². The van der Waals surface area contributed by atoms with E-state index in [4.69, 9.17) is 5.11 Å². The van der Waals surface area contributed by atoms with Crippen LogP contribution in [0.1, 0.15) is 39.0 Å². The van der Waals surface area contributed by atoms with Gasteiger partial charge in [0, 0.05) is 12.8 Å². The van der Waals surface area contributed by atoms with E-state index in [0.29, 0.717) is 19.3 Å². The maximum absolute atomic E-state index is 11.6. The van der Waals surface area contributed by atoms with Gasteiger partial charge < -0.3 is 15.3 Å². The maximum Gasteiger partial charge on any atom is 0.303 e. The number of carbonyl (C=O) groups excluding carboxylic acids is 1. The summed E-state index contributed by atoms with van der Waals surface area (Å²) in [7, 11) is 0. The summed E-state index contributed by atoms with van der Waals surface area (Å²) >= 11 is 0. The number of aliphatic carboxylic acids is 1. The smallest absolute Gasteiger partial charge is 0.303 e. The van der Waals surface area contributed by atoms with Crippen LogP contribution in [0, 0.1) is 0 Å². The first kappa shape index (κ1) is 22.8. The molecule has 0 bridgehead atoms. The van der Waals surface area contributed by atoms with Crippen molar-refractivity contribution in [2.45, 2.75) is 51.2 Å². The molecule has 0 radical (unpaired) electrons. The van der Waals surface area contributed by atoms with Gasteiger partial charge in [0.1, 0.15) is 0 Å². The lowest BCUT2D eigenvalue weighted by Gasteiger charge is -2.02. The lowest BCUT2D eigenvalue weighted by molar-refractivity contribution is -0.137. The average molecular weight is 348 g/mol. The van der Waals surface area contributed by atoms with E-state index in [0.717, 1.165) is 0 Å². The Balaban J connectivity index is 3.97. The predicted molar refractivity (Wildman–Crippen MR) is 99.1 cm³/mol. The second kappa shape index (κ2) is 15.3. The van der Waals surface area contributed by atoms with Crippen LogP contribution in [0.3, 0.4) is 0 Å². The highest BCUT2D eigenvalue weighted by atomic mass is 16.4. The number of hydrogen-bond acceptors (Lipinski definition) is 4. The van der Waals surface area contributed by atoms with Crippen LogP contribution < -0.4 is 0 Å². The van der Waals surface area contributed by atoms with Gasteiger partial charge in [-0.25, -0.2) is 0 Å². The molecule has 0 heterocycles. The molecule has 138 valence electrons. The fourth-order valence-electron chi connectivity index (χ4n) is 1.70. The molecule has 0 aliphatic heterocycles. The predicted octanol–water partition coefficient (Wildman–Crippen LogP) is 3.11.